The van der Waals surface area contributed by atoms with E-state index in [0.29, 0.717) is 0 Å². The minimum atomic E-state index is -4.43. The van der Waals surface area contributed by atoms with Gasteiger partial charge in [0.25, 0.3) is 10.1 Å². The summed E-state index contributed by atoms with van der Waals surface area (Å²) in [6, 6.07) is 22.8. The lowest BCUT2D eigenvalue weighted by Gasteiger charge is -2.49. The molecule has 0 radical (unpaired) electrons. The van der Waals surface area contributed by atoms with Crippen molar-refractivity contribution in [2.75, 3.05) is 13.2 Å². The maximum Gasteiger partial charge on any atom is 0.303 e. The Balaban J connectivity index is 1.55. The lowest BCUT2D eigenvalue weighted by molar-refractivity contribution is -0.350. The van der Waals surface area contributed by atoms with Gasteiger partial charge in [-0.25, -0.2) is 0 Å². The largest absolute Gasteiger partial charge is 0.456 e. The molecule has 18 heteroatoms. The summed E-state index contributed by atoms with van der Waals surface area (Å²) in [5, 5.41) is 14.0. The molecule has 5 rings (SSSR count). The Labute approximate surface area is 342 Å². The Morgan fingerprint density at radius 1 is 0.661 bits per heavy atom. The molecule has 0 spiro atoms. The molecular weight excluding hydrogens is 795 g/mol. The summed E-state index contributed by atoms with van der Waals surface area (Å²) in [6.45, 7) is 5.29. The summed E-state index contributed by atoms with van der Waals surface area (Å²) in [5.74, 6) is -3.18. The first kappa shape index (κ1) is 45.3. The second-order valence-corrected chi connectivity index (χ2v) is 15.6. The van der Waals surface area contributed by atoms with Crippen molar-refractivity contribution in [3.8, 4) is 0 Å². The summed E-state index contributed by atoms with van der Waals surface area (Å²) in [7, 11) is -4.43. The van der Waals surface area contributed by atoms with Gasteiger partial charge < -0.3 is 48.3 Å². The first-order chi connectivity index (χ1) is 28.1. The van der Waals surface area contributed by atoms with Crippen molar-refractivity contribution in [2.24, 2.45) is 0 Å². The van der Waals surface area contributed by atoms with Crippen LogP contribution in [-0.2, 0) is 84.6 Å². The molecule has 320 valence electrons. The van der Waals surface area contributed by atoms with Crippen LogP contribution >= 0.6 is 0 Å². The molecule has 0 aromatic heterocycles. The van der Waals surface area contributed by atoms with E-state index in [1.54, 1.807) is 43.3 Å². The summed E-state index contributed by atoms with van der Waals surface area (Å²) < 4.78 is 80.3. The van der Waals surface area contributed by atoms with E-state index in [2.05, 4.69) is 5.32 Å². The third-order valence-electron chi connectivity index (χ3n) is 9.20. The van der Waals surface area contributed by atoms with Crippen molar-refractivity contribution in [1.82, 2.24) is 5.32 Å². The number of carbonyl (C=O) groups is 4. The van der Waals surface area contributed by atoms with E-state index in [0.717, 1.165) is 37.5 Å². The zero-order chi connectivity index (χ0) is 42.7. The van der Waals surface area contributed by atoms with Crippen LogP contribution in [0.25, 0.3) is 0 Å². The minimum absolute atomic E-state index is 0.0391. The van der Waals surface area contributed by atoms with Gasteiger partial charge in [0, 0.05) is 27.7 Å². The monoisotopic (exact) mass is 843 g/mol. The predicted octanol–water partition coefficient (Wildman–Crippen LogP) is 2.63. The Kier molecular flexibility index (Phi) is 16.1. The van der Waals surface area contributed by atoms with Gasteiger partial charge in [0.2, 0.25) is 5.91 Å². The van der Waals surface area contributed by atoms with Crippen LogP contribution in [-0.4, -0.2) is 112 Å². The predicted molar refractivity (Wildman–Crippen MR) is 204 cm³/mol. The first-order valence-corrected chi connectivity index (χ1v) is 20.2. The molecule has 59 heavy (non-hydrogen) atoms. The quantitative estimate of drug-likeness (QED) is 0.113. The second kappa shape index (κ2) is 20.9. The van der Waals surface area contributed by atoms with Crippen LogP contribution < -0.4 is 5.32 Å². The number of carbonyl (C=O) groups excluding carboxylic acids is 4. The van der Waals surface area contributed by atoms with Crippen LogP contribution in [0.15, 0.2) is 89.8 Å². The average Bonchev–Trinajstić information content (AvgIpc) is 3.18. The highest BCUT2D eigenvalue weighted by atomic mass is 32.2. The molecular formula is C41H49NO16S. The van der Waals surface area contributed by atoms with Crippen molar-refractivity contribution >= 4 is 33.9 Å². The number of nitrogens with one attached hydrogen (secondary N) is 1. The van der Waals surface area contributed by atoms with Gasteiger partial charge >= 0.3 is 17.9 Å². The Morgan fingerprint density at radius 3 is 1.78 bits per heavy atom. The van der Waals surface area contributed by atoms with E-state index >= 15 is 0 Å². The number of aliphatic hydroxyl groups excluding tert-OH is 1. The number of amides is 1. The Morgan fingerprint density at radius 2 is 1.20 bits per heavy atom. The Bertz CT molecular complexity index is 1970. The fourth-order valence-corrected chi connectivity index (χ4v) is 7.54. The molecule has 2 saturated heterocycles. The van der Waals surface area contributed by atoms with Crippen LogP contribution in [0.3, 0.4) is 0 Å². The smallest absolute Gasteiger partial charge is 0.303 e. The zero-order valence-electron chi connectivity index (χ0n) is 33.2. The Hall–Kier alpha value is -4.79. The van der Waals surface area contributed by atoms with Crippen molar-refractivity contribution in [2.45, 2.75) is 114 Å². The van der Waals surface area contributed by atoms with Gasteiger partial charge in [0.15, 0.2) is 30.9 Å². The molecule has 0 aliphatic carbocycles. The third-order valence-corrected chi connectivity index (χ3v) is 10.5. The van der Waals surface area contributed by atoms with E-state index in [9.17, 15) is 32.7 Å². The van der Waals surface area contributed by atoms with Gasteiger partial charge in [-0.1, -0.05) is 78.4 Å². The van der Waals surface area contributed by atoms with E-state index < -0.39 is 102 Å². The maximum atomic E-state index is 13.3. The fraction of sp³-hybridized carbons (Fsp3) is 0.463. The molecule has 0 saturated carbocycles. The van der Waals surface area contributed by atoms with E-state index in [4.69, 9.17) is 42.1 Å². The highest BCUT2D eigenvalue weighted by molar-refractivity contribution is 7.86. The van der Waals surface area contributed by atoms with Crippen LogP contribution in [0.2, 0.25) is 0 Å². The molecule has 1 amide bonds. The van der Waals surface area contributed by atoms with Crippen molar-refractivity contribution in [1.29, 1.82) is 0 Å². The molecule has 2 N–H and O–H groups in total. The van der Waals surface area contributed by atoms with Crippen molar-refractivity contribution in [3.63, 3.8) is 0 Å². The van der Waals surface area contributed by atoms with Gasteiger partial charge in [-0.2, -0.15) is 8.42 Å². The SMILES string of the molecule is CC(=O)N[C@@H]1[C@@H](OCc2ccccc2)[C@H](O[C@@H]2O[C@H](COS(=O)(=O)c3ccc(C)cc3)[C@@H](OC(C)=O)[C@H](OC(C)=O)[C@H]2OC(C)=O)[C@@H](COCc2ccccc2)O[C@@H]1O. The lowest BCUT2D eigenvalue weighted by Crippen LogP contribution is -2.68. The summed E-state index contributed by atoms with van der Waals surface area (Å²) in [6.07, 6.45) is -13.6. The normalized spacial score (nSPS) is 26.9. The van der Waals surface area contributed by atoms with Gasteiger partial charge in [-0.15, -0.1) is 0 Å². The van der Waals surface area contributed by atoms with E-state index in [1.807, 2.05) is 36.4 Å². The molecule has 2 aliphatic rings. The summed E-state index contributed by atoms with van der Waals surface area (Å²) in [5.41, 5.74) is 2.34. The fourth-order valence-electron chi connectivity index (χ4n) is 6.62. The topological polar surface area (TPSA) is 218 Å². The molecule has 10 atom stereocenters. The summed E-state index contributed by atoms with van der Waals surface area (Å²) >= 11 is 0. The minimum Gasteiger partial charge on any atom is -0.456 e. The lowest BCUT2D eigenvalue weighted by atomic mass is 9.94. The van der Waals surface area contributed by atoms with Gasteiger partial charge in [0.05, 0.1) is 31.3 Å². The molecule has 2 fully saturated rings. The van der Waals surface area contributed by atoms with Crippen molar-refractivity contribution in [3.05, 3.63) is 102 Å². The van der Waals surface area contributed by atoms with Crippen molar-refractivity contribution < 1.29 is 74.8 Å². The molecule has 17 nitrogen and oxygen atoms in total. The van der Waals surface area contributed by atoms with Gasteiger partial charge in [-0.3, -0.25) is 23.4 Å². The number of hydrogen-bond acceptors (Lipinski definition) is 16. The van der Waals surface area contributed by atoms with Gasteiger partial charge in [0.1, 0.15) is 30.5 Å². The number of esters is 3. The maximum absolute atomic E-state index is 13.3. The molecule has 0 bridgehead atoms. The van der Waals surface area contributed by atoms with Crippen LogP contribution in [0.4, 0.5) is 0 Å². The number of ether oxygens (including phenoxy) is 8. The highest BCUT2D eigenvalue weighted by Gasteiger charge is 2.56. The van der Waals surface area contributed by atoms with Crippen LogP contribution in [0, 0.1) is 6.92 Å². The number of benzene rings is 3. The number of rotatable bonds is 17. The molecule has 3 aromatic rings. The standard InChI is InChI=1S/C41H49NO16S/c1-24-16-18-31(19-17-24)59(48,49)52-23-33-36(53-26(3)44)38(54-27(4)45)39(55-28(5)46)41(57-33)58-35-32(22-50-20-29-12-8-6-9-13-29)56-40(47)34(42-25(2)43)37(35)51-21-30-14-10-7-11-15-30/h6-19,32-41,47H,20-23H2,1-5H3,(H,42,43)/t32-,33-,34-,35-,36-,37-,38+,39-,40+,41+/m1/s1. The third kappa shape index (κ3) is 12.8. The number of aryl methyl sites for hydroxylation is 1. The van der Waals surface area contributed by atoms with E-state index in [1.165, 1.54) is 19.1 Å². The molecule has 2 aliphatic heterocycles. The van der Waals surface area contributed by atoms with E-state index in [-0.39, 0.29) is 24.7 Å². The number of hydrogen-bond donors (Lipinski definition) is 2. The van der Waals surface area contributed by atoms with Gasteiger partial charge in [-0.05, 0) is 30.2 Å². The zero-order valence-corrected chi connectivity index (χ0v) is 34.0. The first-order valence-electron chi connectivity index (χ1n) is 18.8. The molecule has 2 heterocycles. The van der Waals surface area contributed by atoms with Crippen LogP contribution in [0.1, 0.15) is 44.4 Å². The average molecular weight is 844 g/mol. The highest BCUT2D eigenvalue weighted by Crippen LogP contribution is 2.35. The number of aliphatic hydroxyl groups is 1. The second-order valence-electron chi connectivity index (χ2n) is 14.0. The summed E-state index contributed by atoms with van der Waals surface area (Å²) in [4.78, 5) is 50.1. The molecule has 0 unspecified atom stereocenters. The molecule has 3 aromatic carbocycles. The van der Waals surface area contributed by atoms with Crippen LogP contribution in [0.5, 0.6) is 0 Å².